The predicted molar refractivity (Wildman–Crippen MR) is 143 cm³/mol. The third kappa shape index (κ3) is 3.36. The highest BCUT2D eigenvalue weighted by Gasteiger charge is 2.70. The molecule has 5 heteroatoms. The molecule has 5 nitrogen and oxygen atoms in total. The van der Waals surface area contributed by atoms with E-state index in [1.807, 2.05) is 0 Å². The van der Waals surface area contributed by atoms with Crippen LogP contribution in [0.15, 0.2) is 11.8 Å². The van der Waals surface area contributed by atoms with Crippen LogP contribution in [0.4, 0.5) is 0 Å². The Balaban J connectivity index is 1.63. The number of Topliss-reactive ketones (excluding diaryl/α,β-unsaturated/α-hetero) is 1. The maximum Gasteiger partial charge on any atom is 0.312 e. The number of rotatable bonds is 1. The molecule has 204 valence electrons. The molecule has 0 spiro atoms. The number of fused-ring (bicyclic) bond motifs is 7. The molecule has 4 aliphatic carbocycles. The molecule has 1 heterocycles. The predicted octanol–water partition coefficient (Wildman–Crippen LogP) is 7.01. The van der Waals surface area contributed by atoms with E-state index in [0.29, 0.717) is 18.2 Å². The lowest BCUT2D eigenvalue weighted by Gasteiger charge is -2.68. The lowest BCUT2D eigenvalue weighted by molar-refractivity contribution is -0.224. The monoisotopic (exact) mass is 509 g/mol. The maximum atomic E-state index is 13.4. The summed E-state index contributed by atoms with van der Waals surface area (Å²) in [5, 5.41) is 0. The molecule has 0 bridgehead atoms. The first-order chi connectivity index (χ1) is 17.1. The second-order valence-corrected chi connectivity index (χ2v) is 15.2. The third-order valence-electron chi connectivity index (χ3n) is 12.9. The van der Waals surface area contributed by atoms with Crippen LogP contribution in [-0.2, 0) is 19.1 Å². The summed E-state index contributed by atoms with van der Waals surface area (Å²) in [7, 11) is 1.54. The van der Waals surface area contributed by atoms with E-state index in [1.165, 1.54) is 0 Å². The van der Waals surface area contributed by atoms with Crippen molar-refractivity contribution in [2.75, 3.05) is 13.7 Å². The van der Waals surface area contributed by atoms with E-state index >= 15 is 0 Å². The number of hydrogen-bond donors (Lipinski definition) is 0. The Hall–Kier alpha value is -1.67. The van der Waals surface area contributed by atoms with E-state index in [2.05, 4.69) is 59.4 Å². The van der Waals surface area contributed by atoms with Crippen LogP contribution >= 0.6 is 0 Å². The minimum Gasteiger partial charge on any atom is -0.469 e. The fourth-order valence-electron chi connectivity index (χ4n) is 10.6. The number of allylic oxidation sites excluding steroid dienone is 2. The number of hydrogen-bond acceptors (Lipinski definition) is 4. The first kappa shape index (κ1) is 26.9. The zero-order chi connectivity index (χ0) is 27.2. The van der Waals surface area contributed by atoms with E-state index in [0.717, 1.165) is 51.4 Å². The summed E-state index contributed by atoms with van der Waals surface area (Å²) in [6.07, 6.45) is 9.70. The maximum absolute atomic E-state index is 13.4. The fourth-order valence-corrected chi connectivity index (χ4v) is 10.6. The molecule has 5 rings (SSSR count). The van der Waals surface area contributed by atoms with Gasteiger partial charge >= 0.3 is 5.97 Å². The molecule has 0 aromatic heterocycles. The lowest BCUT2D eigenvalue weighted by Crippen LogP contribution is -2.66. The van der Waals surface area contributed by atoms with Crippen molar-refractivity contribution in [3.05, 3.63) is 23.2 Å². The quantitative estimate of drug-likeness (QED) is 0.282. The van der Waals surface area contributed by atoms with Crippen LogP contribution in [0.3, 0.4) is 0 Å². The number of carbonyl (C=O) groups is 2. The van der Waals surface area contributed by atoms with E-state index < -0.39 is 10.8 Å². The van der Waals surface area contributed by atoms with Crippen LogP contribution in [0.5, 0.6) is 0 Å². The van der Waals surface area contributed by atoms with Crippen LogP contribution in [0.1, 0.15) is 99.8 Å². The van der Waals surface area contributed by atoms with Crippen molar-refractivity contribution in [3.63, 3.8) is 0 Å². The van der Waals surface area contributed by atoms with Crippen molar-refractivity contribution in [3.8, 4) is 0 Å². The van der Waals surface area contributed by atoms with Gasteiger partial charge in [-0.1, -0.05) is 54.5 Å². The topological polar surface area (TPSA) is 57.0 Å². The van der Waals surface area contributed by atoms with Crippen molar-refractivity contribution in [2.45, 2.75) is 106 Å². The van der Waals surface area contributed by atoms with E-state index in [-0.39, 0.29) is 51.4 Å². The van der Waals surface area contributed by atoms with Gasteiger partial charge in [-0.2, -0.15) is 0 Å². The average molecular weight is 510 g/mol. The number of carbonyl (C=O) groups excluding carboxylic acids is 2. The van der Waals surface area contributed by atoms with Crippen LogP contribution in [0.2, 0.25) is 0 Å². The SMILES string of the molecule is [C-]#[N+]C1=C[C@]2(C)[C@H]3CCO[C@@H]4[C@@H]5CC(C)(C)CC[C@]5(C(=O)OC)CC[C@@]4(C)[C@]3(C)CC[C@H]2C(C)(C)C1=O. The standard InChI is InChI=1S/C32H47NO4/c1-27(2)13-15-32(26(35)36-9)16-14-31(7)25(20(32)18-27)37-17-11-23-29(5)19-21(33-8)24(34)28(3,4)22(29)10-12-30(23,31)6/h19-20,22-23,25H,10-18H2,1-7,9H3/t20-,22-,23+,25+,29-,30+,31+,32-/m0/s1. The number of esters is 1. The largest absolute Gasteiger partial charge is 0.469 e. The van der Waals surface area contributed by atoms with Gasteiger partial charge in [-0.25, -0.2) is 4.85 Å². The molecule has 3 saturated carbocycles. The van der Waals surface area contributed by atoms with E-state index in [9.17, 15) is 9.59 Å². The summed E-state index contributed by atoms with van der Waals surface area (Å²) in [4.78, 5) is 30.4. The highest BCUT2D eigenvalue weighted by molar-refractivity contribution is 6.02. The molecule has 4 fully saturated rings. The molecule has 8 atom stereocenters. The molecule has 37 heavy (non-hydrogen) atoms. The molecule has 0 unspecified atom stereocenters. The van der Waals surface area contributed by atoms with Gasteiger partial charge in [0.1, 0.15) is 0 Å². The summed E-state index contributed by atoms with van der Waals surface area (Å²) in [5.74, 6) is 0.620. The summed E-state index contributed by atoms with van der Waals surface area (Å²) >= 11 is 0. The molecule has 0 aromatic carbocycles. The number of nitrogens with zero attached hydrogens (tertiary/aromatic N) is 1. The summed E-state index contributed by atoms with van der Waals surface area (Å²) in [6, 6.07) is 0. The van der Waals surface area contributed by atoms with Crippen LogP contribution < -0.4 is 0 Å². The van der Waals surface area contributed by atoms with Gasteiger partial charge in [0.2, 0.25) is 5.70 Å². The Kier molecular flexibility index (Phi) is 5.94. The lowest BCUT2D eigenvalue weighted by atomic mass is 9.36. The molecular formula is C32H47NO4. The molecule has 1 saturated heterocycles. The molecule has 1 aliphatic heterocycles. The van der Waals surface area contributed by atoms with Crippen molar-refractivity contribution in [2.24, 2.45) is 50.2 Å². The van der Waals surface area contributed by atoms with Crippen LogP contribution in [0.25, 0.3) is 4.85 Å². The van der Waals surface area contributed by atoms with Crippen molar-refractivity contribution in [1.82, 2.24) is 0 Å². The third-order valence-corrected chi connectivity index (χ3v) is 12.9. The molecule has 0 N–H and O–H groups in total. The number of ketones is 1. The summed E-state index contributed by atoms with van der Waals surface area (Å²) in [5.41, 5.74) is -0.878. The number of methoxy groups -OCH3 is 1. The Labute approximate surface area is 223 Å². The Morgan fingerprint density at radius 2 is 1.65 bits per heavy atom. The van der Waals surface area contributed by atoms with Gasteiger partial charge in [-0.05, 0) is 84.9 Å². The first-order valence-electron chi connectivity index (χ1n) is 14.5. The minimum atomic E-state index is -0.543. The highest BCUT2D eigenvalue weighted by Crippen LogP contribution is 2.73. The van der Waals surface area contributed by atoms with Crippen molar-refractivity contribution < 1.29 is 19.1 Å². The van der Waals surface area contributed by atoms with Gasteiger partial charge in [0.25, 0.3) is 0 Å². The zero-order valence-electron chi connectivity index (χ0n) is 24.3. The fraction of sp³-hybridized carbons (Fsp3) is 0.844. The van der Waals surface area contributed by atoms with Gasteiger partial charge in [0, 0.05) is 17.9 Å². The second-order valence-electron chi connectivity index (χ2n) is 15.2. The molecule has 0 amide bonds. The highest BCUT2D eigenvalue weighted by atomic mass is 16.5. The summed E-state index contributed by atoms with van der Waals surface area (Å²) in [6.45, 7) is 24.5. The zero-order valence-corrected chi connectivity index (χ0v) is 24.3. The van der Waals surface area contributed by atoms with Gasteiger partial charge in [-0.3, -0.25) is 4.79 Å². The Morgan fingerprint density at radius 3 is 2.30 bits per heavy atom. The van der Waals surface area contributed by atoms with Gasteiger partial charge < -0.3 is 14.3 Å². The molecule has 0 aromatic rings. The number of ether oxygens (including phenoxy) is 2. The smallest absolute Gasteiger partial charge is 0.312 e. The normalized spacial score (nSPS) is 48.1. The minimum absolute atomic E-state index is 0.00220. The summed E-state index contributed by atoms with van der Waals surface area (Å²) < 4.78 is 12.4. The molecular weight excluding hydrogens is 462 g/mol. The average Bonchev–Trinajstić information content (AvgIpc) is 2.95. The van der Waals surface area contributed by atoms with Gasteiger partial charge in [-0.15, -0.1) is 0 Å². The van der Waals surface area contributed by atoms with Gasteiger partial charge in [0.05, 0.1) is 25.2 Å². The first-order valence-corrected chi connectivity index (χ1v) is 14.5. The van der Waals surface area contributed by atoms with E-state index in [1.54, 1.807) is 7.11 Å². The molecule has 0 radical (unpaired) electrons. The van der Waals surface area contributed by atoms with Crippen molar-refractivity contribution >= 4 is 11.8 Å². The van der Waals surface area contributed by atoms with Crippen LogP contribution in [0, 0.1) is 56.8 Å². The Bertz CT molecular complexity index is 1080. The van der Waals surface area contributed by atoms with Gasteiger partial charge in [0.15, 0.2) is 5.78 Å². The Morgan fingerprint density at radius 1 is 0.973 bits per heavy atom. The van der Waals surface area contributed by atoms with Crippen LogP contribution in [-0.4, -0.2) is 31.6 Å². The van der Waals surface area contributed by atoms with E-state index in [4.69, 9.17) is 16.0 Å². The second kappa shape index (κ2) is 8.17. The van der Waals surface area contributed by atoms with Crippen molar-refractivity contribution in [1.29, 1.82) is 0 Å². The molecule has 5 aliphatic rings.